The fourth-order valence-corrected chi connectivity index (χ4v) is 3.78. The van der Waals surface area contributed by atoms with E-state index in [0.29, 0.717) is 17.2 Å². The number of aryl methyl sites for hydroxylation is 1. The first-order valence-corrected chi connectivity index (χ1v) is 10.1. The first-order valence-electron chi connectivity index (χ1n) is 9.68. The average molecular weight is 404 g/mol. The molecule has 146 valence electrons. The zero-order chi connectivity index (χ0) is 20.2. The molecule has 0 aliphatic carbocycles. The van der Waals surface area contributed by atoms with Gasteiger partial charge in [0.1, 0.15) is 18.5 Å². The lowest BCUT2D eigenvalue weighted by molar-refractivity contribution is 0.219. The van der Waals surface area contributed by atoms with Crippen molar-refractivity contribution in [2.45, 2.75) is 26.1 Å². The maximum absolute atomic E-state index is 11.0. The molecular formula is C25H22ClNO2. The highest BCUT2D eigenvalue weighted by Gasteiger charge is 2.19. The summed E-state index contributed by atoms with van der Waals surface area (Å²) in [4.78, 5) is 4.54. The lowest BCUT2D eigenvalue weighted by Crippen LogP contribution is -2.05. The molecule has 4 heteroatoms. The highest BCUT2D eigenvalue weighted by Crippen LogP contribution is 2.35. The molecule has 3 aromatic carbocycles. The Labute approximate surface area is 175 Å². The van der Waals surface area contributed by atoms with Crippen molar-refractivity contribution in [2.75, 3.05) is 0 Å². The molecule has 3 nitrogen and oxygen atoms in total. The molecule has 0 saturated carbocycles. The number of aliphatic hydroxyl groups excluding tert-OH is 1. The topological polar surface area (TPSA) is 42.4 Å². The highest BCUT2D eigenvalue weighted by molar-refractivity contribution is 6.36. The summed E-state index contributed by atoms with van der Waals surface area (Å²) in [7, 11) is 0. The van der Waals surface area contributed by atoms with E-state index >= 15 is 0 Å². The van der Waals surface area contributed by atoms with E-state index in [1.54, 1.807) is 6.20 Å². The van der Waals surface area contributed by atoms with E-state index < -0.39 is 6.10 Å². The maximum atomic E-state index is 11.0. The smallest absolute Gasteiger partial charge is 0.122 e. The number of aliphatic hydroxyl groups is 1. The van der Waals surface area contributed by atoms with E-state index in [2.05, 4.69) is 11.9 Å². The molecule has 1 atom stereocenters. The largest absolute Gasteiger partial charge is 0.489 e. The molecule has 0 radical (unpaired) electrons. The number of halogens is 1. The Bertz CT molecular complexity index is 1130. The second kappa shape index (κ2) is 8.64. The number of hydrogen-bond donors (Lipinski definition) is 1. The van der Waals surface area contributed by atoms with Gasteiger partial charge in [-0.3, -0.25) is 4.98 Å². The van der Waals surface area contributed by atoms with Gasteiger partial charge in [-0.2, -0.15) is 0 Å². The molecule has 1 unspecified atom stereocenters. The minimum Gasteiger partial charge on any atom is -0.489 e. The zero-order valence-corrected chi connectivity index (χ0v) is 16.9. The first kappa shape index (κ1) is 19.4. The lowest BCUT2D eigenvalue weighted by Gasteiger charge is -2.17. The molecule has 1 heterocycles. The molecule has 0 aliphatic rings. The minimum absolute atomic E-state index is 0.491. The lowest BCUT2D eigenvalue weighted by atomic mass is 9.95. The van der Waals surface area contributed by atoms with Crippen LogP contribution in [0.4, 0.5) is 0 Å². The van der Waals surface area contributed by atoms with Crippen LogP contribution in [0.15, 0.2) is 79.0 Å². The standard InChI is InChI=1S/C25H22ClNO2/c1-2-18-10-6-7-11-20(18)25(28)22-15-27-23-14-19(12-13-21(23)24(22)26)29-16-17-8-4-3-5-9-17/h3-15,25,28H,2,16H2,1H3. The summed E-state index contributed by atoms with van der Waals surface area (Å²) in [6, 6.07) is 23.5. The van der Waals surface area contributed by atoms with Crippen molar-refractivity contribution in [2.24, 2.45) is 0 Å². The number of hydrogen-bond acceptors (Lipinski definition) is 3. The van der Waals surface area contributed by atoms with Crippen LogP contribution in [0, 0.1) is 0 Å². The van der Waals surface area contributed by atoms with Gasteiger partial charge in [0.05, 0.1) is 10.5 Å². The van der Waals surface area contributed by atoms with E-state index in [0.717, 1.165) is 39.8 Å². The van der Waals surface area contributed by atoms with E-state index in [-0.39, 0.29) is 0 Å². The van der Waals surface area contributed by atoms with Gasteiger partial charge < -0.3 is 9.84 Å². The van der Waals surface area contributed by atoms with Crippen LogP contribution < -0.4 is 4.74 Å². The van der Waals surface area contributed by atoms with Gasteiger partial charge in [-0.05, 0) is 35.2 Å². The van der Waals surface area contributed by atoms with E-state index in [1.165, 1.54) is 0 Å². The summed E-state index contributed by atoms with van der Waals surface area (Å²) in [6.45, 7) is 2.56. The number of benzene rings is 3. The van der Waals surface area contributed by atoms with Crippen LogP contribution in [0.2, 0.25) is 5.02 Å². The predicted octanol–water partition coefficient (Wildman–Crippen LogP) is 6.11. The first-order chi connectivity index (χ1) is 14.2. The summed E-state index contributed by atoms with van der Waals surface area (Å²) in [6.07, 6.45) is 1.68. The Hall–Kier alpha value is -2.88. The van der Waals surface area contributed by atoms with E-state index in [4.69, 9.17) is 16.3 Å². The molecule has 0 saturated heterocycles. The Morgan fingerprint density at radius 3 is 2.52 bits per heavy atom. The second-order valence-electron chi connectivity index (χ2n) is 6.94. The van der Waals surface area contributed by atoms with Gasteiger partial charge in [0.15, 0.2) is 0 Å². The van der Waals surface area contributed by atoms with Crippen LogP contribution in [-0.2, 0) is 13.0 Å². The van der Waals surface area contributed by atoms with Crippen molar-refractivity contribution in [1.29, 1.82) is 0 Å². The van der Waals surface area contributed by atoms with Crippen molar-refractivity contribution >= 4 is 22.5 Å². The van der Waals surface area contributed by atoms with Gasteiger partial charge in [-0.1, -0.05) is 73.1 Å². The monoisotopic (exact) mass is 403 g/mol. The Morgan fingerprint density at radius 1 is 0.966 bits per heavy atom. The van der Waals surface area contributed by atoms with Crippen molar-refractivity contribution in [3.63, 3.8) is 0 Å². The summed E-state index contributed by atoms with van der Waals surface area (Å²) >= 11 is 6.67. The SMILES string of the molecule is CCc1ccccc1C(O)c1cnc2cc(OCc3ccccc3)ccc2c1Cl. The van der Waals surface area contributed by atoms with Crippen molar-refractivity contribution in [3.8, 4) is 5.75 Å². The molecular weight excluding hydrogens is 382 g/mol. The number of ether oxygens (including phenoxy) is 1. The van der Waals surface area contributed by atoms with Crippen LogP contribution in [0.5, 0.6) is 5.75 Å². The number of fused-ring (bicyclic) bond motifs is 1. The molecule has 0 aliphatic heterocycles. The number of aromatic nitrogens is 1. The summed E-state index contributed by atoms with van der Waals surface area (Å²) in [5, 5.41) is 12.3. The number of pyridine rings is 1. The van der Waals surface area contributed by atoms with Gasteiger partial charge in [0.25, 0.3) is 0 Å². The molecule has 0 fully saturated rings. The highest BCUT2D eigenvalue weighted by atomic mass is 35.5. The third-order valence-electron chi connectivity index (χ3n) is 5.08. The van der Waals surface area contributed by atoms with E-state index in [9.17, 15) is 5.11 Å². The Morgan fingerprint density at radius 2 is 1.72 bits per heavy atom. The quantitative estimate of drug-likeness (QED) is 0.422. The third-order valence-corrected chi connectivity index (χ3v) is 5.50. The minimum atomic E-state index is -0.815. The van der Waals surface area contributed by atoms with Crippen molar-refractivity contribution < 1.29 is 9.84 Å². The number of rotatable bonds is 6. The zero-order valence-electron chi connectivity index (χ0n) is 16.2. The van der Waals surface area contributed by atoms with Crippen molar-refractivity contribution in [3.05, 3.63) is 106 Å². The molecule has 0 bridgehead atoms. The molecule has 1 aromatic heterocycles. The predicted molar refractivity (Wildman–Crippen MR) is 117 cm³/mol. The fourth-order valence-electron chi connectivity index (χ4n) is 3.47. The van der Waals surface area contributed by atoms with Gasteiger partial charge in [0, 0.05) is 23.2 Å². The van der Waals surface area contributed by atoms with E-state index in [1.807, 2.05) is 72.8 Å². The van der Waals surface area contributed by atoms with Crippen LogP contribution in [0.25, 0.3) is 10.9 Å². The summed E-state index contributed by atoms with van der Waals surface area (Å²) in [5.41, 5.74) is 4.41. The fraction of sp³-hybridized carbons (Fsp3) is 0.160. The van der Waals surface area contributed by atoms with Crippen LogP contribution in [0.3, 0.4) is 0 Å². The molecule has 0 spiro atoms. The molecule has 4 rings (SSSR count). The summed E-state index contributed by atoms with van der Waals surface area (Å²) < 4.78 is 5.88. The summed E-state index contributed by atoms with van der Waals surface area (Å²) in [5.74, 6) is 0.731. The normalized spacial score (nSPS) is 12.1. The molecule has 0 amide bonds. The average Bonchev–Trinajstić information content (AvgIpc) is 2.78. The maximum Gasteiger partial charge on any atom is 0.122 e. The van der Waals surface area contributed by atoms with Crippen LogP contribution in [0.1, 0.15) is 35.3 Å². The van der Waals surface area contributed by atoms with Gasteiger partial charge in [0.2, 0.25) is 0 Å². The molecule has 4 aromatic rings. The number of nitrogens with zero attached hydrogens (tertiary/aromatic N) is 1. The van der Waals surface area contributed by atoms with Crippen LogP contribution in [-0.4, -0.2) is 10.1 Å². The van der Waals surface area contributed by atoms with Crippen LogP contribution >= 0.6 is 11.6 Å². The van der Waals surface area contributed by atoms with Gasteiger partial charge >= 0.3 is 0 Å². The van der Waals surface area contributed by atoms with Gasteiger partial charge in [-0.15, -0.1) is 0 Å². The van der Waals surface area contributed by atoms with Crippen molar-refractivity contribution in [1.82, 2.24) is 4.98 Å². The second-order valence-corrected chi connectivity index (χ2v) is 7.31. The van der Waals surface area contributed by atoms with Gasteiger partial charge in [-0.25, -0.2) is 0 Å². The molecule has 1 N–H and O–H groups in total. The Balaban J connectivity index is 1.62. The molecule has 29 heavy (non-hydrogen) atoms. The third kappa shape index (κ3) is 4.12. The Kier molecular flexibility index (Phi) is 5.79.